The van der Waals surface area contributed by atoms with Crippen molar-refractivity contribution in [3.05, 3.63) is 91.8 Å². The molecule has 2 aromatic heterocycles. The summed E-state index contributed by atoms with van der Waals surface area (Å²) in [4.78, 5) is 79.6. The molecule has 3 fully saturated rings. The van der Waals surface area contributed by atoms with Gasteiger partial charge in [-0.15, -0.1) is 21.5 Å². The van der Waals surface area contributed by atoms with Crippen molar-refractivity contribution in [1.82, 2.24) is 34.8 Å². The average Bonchev–Trinajstić information content (AvgIpc) is 3.79. The molecule has 3 saturated heterocycles. The molecule has 7 heterocycles. The lowest BCUT2D eigenvalue weighted by atomic mass is 9.99. The zero-order valence-corrected chi connectivity index (χ0v) is 33.5. The molecular weight excluding hydrogens is 766 g/mol. The lowest BCUT2D eigenvalue weighted by Gasteiger charge is -2.43. The van der Waals surface area contributed by atoms with Crippen LogP contribution in [0.1, 0.15) is 92.1 Å². The third kappa shape index (κ3) is 6.45. The first-order valence-electron chi connectivity index (χ1n) is 19.5. The Balaban J connectivity index is 0.858. The summed E-state index contributed by atoms with van der Waals surface area (Å²) < 4.78 is 2.07. The van der Waals surface area contributed by atoms with Crippen molar-refractivity contribution in [2.24, 2.45) is 4.99 Å². The molecule has 5 amide bonds. The van der Waals surface area contributed by atoms with Crippen LogP contribution in [-0.4, -0.2) is 116 Å². The number of thiophene rings is 1. The lowest BCUT2D eigenvalue weighted by Crippen LogP contribution is -2.54. The lowest BCUT2D eigenvalue weighted by molar-refractivity contribution is -0.136. The molecule has 0 bridgehead atoms. The van der Waals surface area contributed by atoms with Gasteiger partial charge in [0, 0.05) is 72.8 Å². The highest BCUT2D eigenvalue weighted by atomic mass is 35.5. The molecule has 57 heavy (non-hydrogen) atoms. The number of rotatable bonds is 6. The first kappa shape index (κ1) is 37.3. The maximum absolute atomic E-state index is 14.1. The second-order valence-electron chi connectivity index (χ2n) is 15.4. The number of nitrogens with one attached hydrogen (secondary N) is 1. The first-order valence-corrected chi connectivity index (χ1v) is 20.7. The molecule has 0 aliphatic carbocycles. The van der Waals surface area contributed by atoms with E-state index in [0.717, 1.165) is 64.1 Å². The molecular formula is C41H42ClN9O5S. The number of hydrogen-bond donors (Lipinski definition) is 1. The van der Waals surface area contributed by atoms with Gasteiger partial charge in [-0.25, -0.2) is 0 Å². The molecule has 294 valence electrons. The van der Waals surface area contributed by atoms with Gasteiger partial charge in [-0.3, -0.25) is 48.6 Å². The zero-order chi connectivity index (χ0) is 39.7. The molecule has 5 aliphatic heterocycles. The van der Waals surface area contributed by atoms with Crippen LogP contribution in [0.4, 0.5) is 5.69 Å². The third-order valence-electron chi connectivity index (χ3n) is 12.2. The normalized spacial score (nSPS) is 21.6. The highest BCUT2D eigenvalue weighted by Crippen LogP contribution is 2.40. The van der Waals surface area contributed by atoms with Gasteiger partial charge in [0.2, 0.25) is 17.7 Å². The fourth-order valence-corrected chi connectivity index (χ4v) is 10.3. The van der Waals surface area contributed by atoms with Gasteiger partial charge in [-0.1, -0.05) is 29.8 Å². The Morgan fingerprint density at radius 3 is 2.33 bits per heavy atom. The maximum Gasteiger partial charge on any atom is 0.264 e. The van der Waals surface area contributed by atoms with Crippen LogP contribution in [0.3, 0.4) is 0 Å². The topological polar surface area (TPSA) is 153 Å². The van der Waals surface area contributed by atoms with Crippen molar-refractivity contribution in [2.45, 2.75) is 71.0 Å². The number of aliphatic imine (C=N–C) groups is 1. The molecule has 0 spiro atoms. The van der Waals surface area contributed by atoms with E-state index in [4.69, 9.17) is 16.6 Å². The van der Waals surface area contributed by atoms with E-state index in [0.29, 0.717) is 54.3 Å². The number of piperidine rings is 2. The minimum Gasteiger partial charge on any atom is -0.368 e. The van der Waals surface area contributed by atoms with Gasteiger partial charge in [0.25, 0.3) is 11.8 Å². The Labute approximate surface area is 338 Å². The van der Waals surface area contributed by atoms with Crippen molar-refractivity contribution in [3.63, 3.8) is 0 Å². The summed E-state index contributed by atoms with van der Waals surface area (Å²) in [5.74, 6) is -0.558. The highest BCUT2D eigenvalue weighted by molar-refractivity contribution is 7.15. The zero-order valence-electron chi connectivity index (χ0n) is 32.0. The standard InChI is InChI=1S/C41H42ClN9O5S/c1-22-23(2)57-41-34(22)36(25-7-9-26(42)10-8-25)43-29(37-46-45-24(3)50(37)41)21-33(53)49-15-13-27(14-16-49)47-17-19-48(20-18-47)30-6-4-5-28-35(30)40(56)51(39(28)55)31-11-12-32(52)44-38(31)54/h4-10,27,29,31H,11-21H2,1-3H3,(H,44,52,54)/t29-,31?/m0/s1. The highest BCUT2D eigenvalue weighted by Gasteiger charge is 2.46. The largest absolute Gasteiger partial charge is 0.368 e. The van der Waals surface area contributed by atoms with Crippen molar-refractivity contribution < 1.29 is 24.0 Å². The number of amides is 5. The number of aromatic nitrogens is 3. The van der Waals surface area contributed by atoms with Crippen LogP contribution in [0.2, 0.25) is 5.02 Å². The summed E-state index contributed by atoms with van der Waals surface area (Å²) in [5, 5.41) is 12.9. The molecule has 5 aliphatic rings. The van der Waals surface area contributed by atoms with E-state index in [2.05, 4.69) is 43.7 Å². The van der Waals surface area contributed by atoms with Crippen LogP contribution in [0.25, 0.3) is 5.00 Å². The minimum absolute atomic E-state index is 0.0383. The number of likely N-dealkylation sites (tertiary alicyclic amines) is 1. The quantitative estimate of drug-likeness (QED) is 0.280. The number of anilines is 1. The number of fused-ring (bicyclic) bond motifs is 4. The molecule has 0 radical (unpaired) electrons. The van der Waals surface area contributed by atoms with E-state index >= 15 is 0 Å². The molecule has 2 aromatic carbocycles. The Morgan fingerprint density at radius 1 is 0.877 bits per heavy atom. The molecule has 1 unspecified atom stereocenters. The van der Waals surface area contributed by atoms with E-state index in [1.54, 1.807) is 23.5 Å². The van der Waals surface area contributed by atoms with Crippen molar-refractivity contribution in [3.8, 4) is 5.00 Å². The van der Waals surface area contributed by atoms with Crippen LogP contribution >= 0.6 is 22.9 Å². The molecule has 16 heteroatoms. The van der Waals surface area contributed by atoms with Gasteiger partial charge in [0.05, 0.1) is 28.9 Å². The number of hydrogen-bond acceptors (Lipinski definition) is 11. The number of halogens is 1. The number of aryl methyl sites for hydroxylation is 2. The minimum atomic E-state index is -1.00. The Bertz CT molecular complexity index is 2370. The maximum atomic E-state index is 14.1. The number of carbonyl (C=O) groups excluding carboxylic acids is 5. The Kier molecular flexibility index (Phi) is 9.56. The number of imide groups is 2. The molecule has 14 nitrogen and oxygen atoms in total. The molecule has 9 rings (SSSR count). The van der Waals surface area contributed by atoms with Gasteiger partial charge in [-0.2, -0.15) is 0 Å². The van der Waals surface area contributed by atoms with Gasteiger partial charge in [0.1, 0.15) is 22.9 Å². The first-order chi connectivity index (χ1) is 27.5. The van der Waals surface area contributed by atoms with Crippen LogP contribution in [0.5, 0.6) is 0 Å². The summed E-state index contributed by atoms with van der Waals surface area (Å²) in [6.45, 7) is 10.3. The van der Waals surface area contributed by atoms with Crippen LogP contribution in [-0.2, 0) is 14.4 Å². The summed E-state index contributed by atoms with van der Waals surface area (Å²) >= 11 is 7.96. The Morgan fingerprint density at radius 2 is 1.61 bits per heavy atom. The number of benzene rings is 2. The van der Waals surface area contributed by atoms with E-state index in [1.165, 1.54) is 4.88 Å². The van der Waals surface area contributed by atoms with Gasteiger partial charge < -0.3 is 9.80 Å². The average molecular weight is 808 g/mol. The van der Waals surface area contributed by atoms with Crippen LogP contribution in [0.15, 0.2) is 47.5 Å². The fraction of sp³-hybridized carbons (Fsp3) is 0.415. The summed E-state index contributed by atoms with van der Waals surface area (Å²) in [6, 6.07) is 11.7. The van der Waals surface area contributed by atoms with E-state index < -0.39 is 35.7 Å². The molecule has 1 N–H and O–H groups in total. The van der Waals surface area contributed by atoms with Gasteiger partial charge >= 0.3 is 0 Å². The second-order valence-corrected chi connectivity index (χ2v) is 17.0. The Hall–Kier alpha value is -5.25. The predicted molar refractivity (Wildman–Crippen MR) is 214 cm³/mol. The van der Waals surface area contributed by atoms with E-state index in [-0.39, 0.29) is 30.7 Å². The van der Waals surface area contributed by atoms with Crippen LogP contribution < -0.4 is 10.2 Å². The summed E-state index contributed by atoms with van der Waals surface area (Å²) in [6.07, 6.45) is 2.05. The smallest absolute Gasteiger partial charge is 0.264 e. The number of carbonyl (C=O) groups is 5. The number of nitrogens with zero attached hydrogens (tertiary/aromatic N) is 8. The number of piperazine rings is 1. The summed E-state index contributed by atoms with van der Waals surface area (Å²) in [7, 11) is 0. The van der Waals surface area contributed by atoms with Gasteiger partial charge in [-0.05, 0) is 69.9 Å². The van der Waals surface area contributed by atoms with E-state index in [9.17, 15) is 24.0 Å². The molecule has 0 saturated carbocycles. The third-order valence-corrected chi connectivity index (χ3v) is 13.6. The van der Waals surface area contributed by atoms with Gasteiger partial charge in [0.15, 0.2) is 5.82 Å². The monoisotopic (exact) mass is 807 g/mol. The van der Waals surface area contributed by atoms with Crippen molar-refractivity contribution in [2.75, 3.05) is 44.2 Å². The molecule has 4 aromatic rings. The predicted octanol–water partition coefficient (Wildman–Crippen LogP) is 4.40. The van der Waals surface area contributed by atoms with Crippen LogP contribution in [0, 0.1) is 20.8 Å². The SMILES string of the molecule is Cc1sc2c(c1C)C(c1ccc(Cl)cc1)=N[C@@H](CC(=O)N1CCC(N3CCN(c4cccc5c4C(=O)N(C4CCC(=O)NC4=O)C5=O)CC3)CC1)c1nnc(C)n1-2. The van der Waals surface area contributed by atoms with E-state index in [1.807, 2.05) is 42.2 Å². The second kappa shape index (κ2) is 14.6. The van der Waals surface area contributed by atoms with Crippen molar-refractivity contribution >= 4 is 63.9 Å². The molecule has 2 atom stereocenters. The van der Waals surface area contributed by atoms with Crippen molar-refractivity contribution in [1.29, 1.82) is 0 Å². The summed E-state index contributed by atoms with van der Waals surface area (Å²) in [5.41, 5.74) is 5.23. The fourth-order valence-electron chi connectivity index (χ4n) is 9.00.